The quantitative estimate of drug-likeness (QED) is 0.872. The van der Waals surface area contributed by atoms with E-state index in [0.717, 1.165) is 30.6 Å². The molecule has 1 aromatic rings. The van der Waals surface area contributed by atoms with Gasteiger partial charge in [0.15, 0.2) is 0 Å². The molecular formula is C15H18N2O2. The molecule has 0 bridgehead atoms. The number of hydrogen-bond acceptors (Lipinski definition) is 2. The number of nitrogens with one attached hydrogen (secondary N) is 2. The Morgan fingerprint density at radius 1 is 1.00 bits per heavy atom. The van der Waals surface area contributed by atoms with Crippen LogP contribution in [0.4, 0.5) is 11.4 Å². The molecule has 2 aliphatic rings. The van der Waals surface area contributed by atoms with Gasteiger partial charge >= 0.3 is 0 Å². The van der Waals surface area contributed by atoms with Crippen LogP contribution in [0, 0.1) is 17.8 Å². The molecule has 2 N–H and O–H groups in total. The van der Waals surface area contributed by atoms with Crippen molar-refractivity contribution in [3.05, 3.63) is 24.3 Å². The van der Waals surface area contributed by atoms with Crippen molar-refractivity contribution in [2.24, 2.45) is 17.8 Å². The zero-order chi connectivity index (χ0) is 13.4. The Hall–Kier alpha value is -1.84. The summed E-state index contributed by atoms with van der Waals surface area (Å²) in [5.74, 6) is 1.09. The molecule has 0 aliphatic heterocycles. The molecule has 0 saturated heterocycles. The van der Waals surface area contributed by atoms with E-state index >= 15 is 0 Å². The Morgan fingerprint density at radius 3 is 1.89 bits per heavy atom. The van der Waals surface area contributed by atoms with Crippen LogP contribution in [0.15, 0.2) is 24.3 Å². The standard InChI is InChI=1S/C15H18N2O2/c1-9-8-13(9)15(19)17-12-6-4-11(5-7-12)16-14(18)10-2-3-10/h4-7,9-10,13H,2-3,8H2,1H3,(H,16,18)(H,17,19)/t9-,13-/m1/s1. The Kier molecular flexibility index (Phi) is 3.01. The van der Waals surface area contributed by atoms with Gasteiger partial charge in [-0.25, -0.2) is 0 Å². The van der Waals surface area contributed by atoms with Crippen LogP contribution in [0.25, 0.3) is 0 Å². The number of carbonyl (C=O) groups is 2. The molecule has 100 valence electrons. The van der Waals surface area contributed by atoms with Gasteiger partial charge in [-0.3, -0.25) is 9.59 Å². The molecule has 0 radical (unpaired) electrons. The van der Waals surface area contributed by atoms with Crippen LogP contribution >= 0.6 is 0 Å². The van der Waals surface area contributed by atoms with Crippen LogP contribution in [-0.2, 0) is 9.59 Å². The molecule has 3 rings (SSSR count). The molecule has 0 heterocycles. The lowest BCUT2D eigenvalue weighted by atomic mass is 10.2. The molecule has 0 spiro atoms. The molecule has 19 heavy (non-hydrogen) atoms. The molecule has 0 unspecified atom stereocenters. The Labute approximate surface area is 112 Å². The van der Waals surface area contributed by atoms with Crippen molar-refractivity contribution < 1.29 is 9.59 Å². The molecule has 0 aromatic heterocycles. The summed E-state index contributed by atoms with van der Waals surface area (Å²) >= 11 is 0. The molecule has 4 heteroatoms. The molecule has 2 atom stereocenters. The number of hydrogen-bond donors (Lipinski definition) is 2. The molecule has 2 amide bonds. The minimum atomic E-state index is 0.0993. The van der Waals surface area contributed by atoms with Crippen molar-refractivity contribution in [1.82, 2.24) is 0 Å². The fraction of sp³-hybridized carbons (Fsp3) is 0.467. The van der Waals surface area contributed by atoms with Crippen molar-refractivity contribution in [2.45, 2.75) is 26.2 Å². The van der Waals surface area contributed by atoms with E-state index < -0.39 is 0 Å². The first-order valence-electron chi connectivity index (χ1n) is 6.85. The first-order chi connectivity index (χ1) is 9.13. The van der Waals surface area contributed by atoms with Gasteiger partial charge in [0.2, 0.25) is 11.8 Å². The Balaban J connectivity index is 1.55. The van der Waals surface area contributed by atoms with E-state index in [0.29, 0.717) is 5.92 Å². The van der Waals surface area contributed by atoms with Gasteiger partial charge in [0.05, 0.1) is 0 Å². The van der Waals surface area contributed by atoms with Gasteiger partial charge in [-0.2, -0.15) is 0 Å². The van der Waals surface area contributed by atoms with Gasteiger partial charge in [0.25, 0.3) is 0 Å². The molecular weight excluding hydrogens is 240 g/mol. The van der Waals surface area contributed by atoms with Gasteiger partial charge in [0, 0.05) is 23.2 Å². The summed E-state index contributed by atoms with van der Waals surface area (Å²) in [6.45, 7) is 2.08. The monoisotopic (exact) mass is 258 g/mol. The van der Waals surface area contributed by atoms with E-state index in [9.17, 15) is 9.59 Å². The highest BCUT2D eigenvalue weighted by Gasteiger charge is 2.39. The summed E-state index contributed by atoms with van der Waals surface area (Å²) in [5.41, 5.74) is 1.57. The average Bonchev–Trinajstić information content (AvgIpc) is 3.25. The van der Waals surface area contributed by atoms with E-state index in [1.807, 2.05) is 24.3 Å². The van der Waals surface area contributed by atoms with Gasteiger partial charge in [-0.05, 0) is 49.4 Å². The first kappa shape index (κ1) is 12.2. The highest BCUT2D eigenvalue weighted by molar-refractivity contribution is 5.96. The maximum Gasteiger partial charge on any atom is 0.227 e. The molecule has 4 nitrogen and oxygen atoms in total. The van der Waals surface area contributed by atoms with E-state index in [-0.39, 0.29) is 23.7 Å². The molecule has 1 aromatic carbocycles. The van der Waals surface area contributed by atoms with E-state index in [4.69, 9.17) is 0 Å². The lowest BCUT2D eigenvalue weighted by Gasteiger charge is -2.07. The van der Waals surface area contributed by atoms with Crippen molar-refractivity contribution in [1.29, 1.82) is 0 Å². The maximum absolute atomic E-state index is 11.8. The summed E-state index contributed by atoms with van der Waals surface area (Å²) in [5, 5.41) is 5.77. The number of rotatable bonds is 4. The third-order valence-corrected chi connectivity index (χ3v) is 3.81. The zero-order valence-corrected chi connectivity index (χ0v) is 11.0. The second-order valence-electron chi connectivity index (χ2n) is 5.65. The summed E-state index contributed by atoms with van der Waals surface area (Å²) in [6, 6.07) is 7.30. The second kappa shape index (κ2) is 4.68. The van der Waals surface area contributed by atoms with E-state index in [1.165, 1.54) is 0 Å². The lowest BCUT2D eigenvalue weighted by Crippen LogP contribution is -2.15. The van der Waals surface area contributed by atoms with Crippen LogP contribution < -0.4 is 10.6 Å². The highest BCUT2D eigenvalue weighted by Crippen LogP contribution is 2.38. The highest BCUT2D eigenvalue weighted by atomic mass is 16.2. The maximum atomic E-state index is 11.8. The van der Waals surface area contributed by atoms with Crippen LogP contribution in [0.1, 0.15) is 26.2 Å². The van der Waals surface area contributed by atoms with Crippen molar-refractivity contribution in [3.63, 3.8) is 0 Å². The summed E-state index contributed by atoms with van der Waals surface area (Å²) in [6.07, 6.45) is 2.99. The van der Waals surface area contributed by atoms with Crippen LogP contribution in [-0.4, -0.2) is 11.8 Å². The minimum absolute atomic E-state index is 0.0993. The first-order valence-corrected chi connectivity index (χ1v) is 6.85. The fourth-order valence-electron chi connectivity index (χ4n) is 2.15. The van der Waals surface area contributed by atoms with Crippen LogP contribution in [0.2, 0.25) is 0 Å². The number of benzene rings is 1. The Bertz CT molecular complexity index is 505. The topological polar surface area (TPSA) is 58.2 Å². The molecule has 2 fully saturated rings. The predicted octanol–water partition coefficient (Wildman–Crippen LogP) is 2.63. The van der Waals surface area contributed by atoms with Crippen molar-refractivity contribution in [3.8, 4) is 0 Å². The van der Waals surface area contributed by atoms with Crippen LogP contribution in [0.3, 0.4) is 0 Å². The summed E-state index contributed by atoms with van der Waals surface area (Å²) in [7, 11) is 0. The molecule has 2 saturated carbocycles. The Morgan fingerprint density at radius 2 is 1.47 bits per heavy atom. The van der Waals surface area contributed by atoms with Crippen LogP contribution in [0.5, 0.6) is 0 Å². The third-order valence-electron chi connectivity index (χ3n) is 3.81. The van der Waals surface area contributed by atoms with Gasteiger partial charge in [0.1, 0.15) is 0 Å². The minimum Gasteiger partial charge on any atom is -0.326 e. The van der Waals surface area contributed by atoms with Crippen molar-refractivity contribution in [2.75, 3.05) is 10.6 Å². The summed E-state index contributed by atoms with van der Waals surface area (Å²) in [4.78, 5) is 23.4. The number of anilines is 2. The fourth-order valence-corrected chi connectivity index (χ4v) is 2.15. The number of carbonyl (C=O) groups excluding carboxylic acids is 2. The van der Waals surface area contributed by atoms with Gasteiger partial charge < -0.3 is 10.6 Å². The molecule has 2 aliphatic carbocycles. The van der Waals surface area contributed by atoms with E-state index in [2.05, 4.69) is 17.6 Å². The normalized spacial score (nSPS) is 24.7. The third kappa shape index (κ3) is 2.95. The second-order valence-corrected chi connectivity index (χ2v) is 5.65. The van der Waals surface area contributed by atoms with Crippen molar-refractivity contribution >= 4 is 23.2 Å². The smallest absolute Gasteiger partial charge is 0.227 e. The predicted molar refractivity (Wildman–Crippen MR) is 73.7 cm³/mol. The van der Waals surface area contributed by atoms with Gasteiger partial charge in [-0.15, -0.1) is 0 Å². The lowest BCUT2D eigenvalue weighted by molar-refractivity contribution is -0.118. The van der Waals surface area contributed by atoms with E-state index in [1.54, 1.807) is 0 Å². The number of amides is 2. The summed E-state index contributed by atoms with van der Waals surface area (Å²) < 4.78 is 0. The zero-order valence-electron chi connectivity index (χ0n) is 11.0. The van der Waals surface area contributed by atoms with Gasteiger partial charge in [-0.1, -0.05) is 6.92 Å². The largest absolute Gasteiger partial charge is 0.326 e. The average molecular weight is 258 g/mol. The SMILES string of the molecule is C[C@@H]1C[C@H]1C(=O)Nc1ccc(NC(=O)C2CC2)cc1.